The van der Waals surface area contributed by atoms with Crippen molar-refractivity contribution in [1.29, 1.82) is 0 Å². The second-order valence-corrected chi connectivity index (χ2v) is 21.1. The molecular formula is C68H115NO8. The summed E-state index contributed by atoms with van der Waals surface area (Å²) in [4.78, 5) is 13.1. The summed E-state index contributed by atoms with van der Waals surface area (Å²) in [6.07, 6.45) is 77.0. The predicted molar refractivity (Wildman–Crippen MR) is 327 cm³/mol. The molecule has 1 fully saturated rings. The van der Waals surface area contributed by atoms with Crippen LogP contribution in [0.1, 0.15) is 245 Å². The van der Waals surface area contributed by atoms with Crippen molar-refractivity contribution >= 4 is 5.91 Å². The molecule has 0 bridgehead atoms. The lowest BCUT2D eigenvalue weighted by atomic mass is 9.99. The van der Waals surface area contributed by atoms with E-state index in [9.17, 15) is 30.3 Å². The van der Waals surface area contributed by atoms with E-state index in [0.717, 1.165) is 116 Å². The molecule has 0 aliphatic carbocycles. The highest BCUT2D eigenvalue weighted by Crippen LogP contribution is 2.23. The molecule has 9 heteroatoms. The number of unbranched alkanes of at least 4 members (excludes halogenated alkanes) is 24. The van der Waals surface area contributed by atoms with Gasteiger partial charge in [0.25, 0.3) is 0 Å². The van der Waals surface area contributed by atoms with Gasteiger partial charge in [0.15, 0.2) is 6.29 Å². The summed E-state index contributed by atoms with van der Waals surface area (Å²) in [6.45, 7) is 3.65. The van der Waals surface area contributed by atoms with Gasteiger partial charge in [0, 0.05) is 6.42 Å². The van der Waals surface area contributed by atoms with Gasteiger partial charge in [0.05, 0.1) is 25.4 Å². The van der Waals surface area contributed by atoms with Crippen LogP contribution in [-0.2, 0) is 14.3 Å². The third kappa shape index (κ3) is 45.1. The second-order valence-electron chi connectivity index (χ2n) is 21.1. The molecule has 0 aromatic carbocycles. The number of hydrogen-bond donors (Lipinski definition) is 6. The Labute approximate surface area is 471 Å². The minimum atomic E-state index is -1.58. The zero-order chi connectivity index (χ0) is 55.8. The predicted octanol–water partition coefficient (Wildman–Crippen LogP) is 16.3. The van der Waals surface area contributed by atoms with E-state index in [0.29, 0.717) is 6.42 Å². The minimum absolute atomic E-state index is 0.205. The Kier molecular flexibility index (Phi) is 52.0. The van der Waals surface area contributed by atoms with Gasteiger partial charge in [-0.3, -0.25) is 4.79 Å². The third-order valence-corrected chi connectivity index (χ3v) is 14.0. The first-order valence-corrected chi connectivity index (χ1v) is 31.3. The molecule has 0 aromatic heterocycles. The number of carbonyl (C=O) groups excluding carboxylic acids is 1. The standard InChI is InChI=1S/C68H115NO8/c1-3-5-7-9-11-13-15-17-19-21-23-25-27-28-29-30-31-32-33-34-36-38-40-42-44-46-48-50-52-54-56-58-64(72)69-61(60-76-68-67(75)66(74)65(73)63(59-70)77-68)62(71)57-55-53-51-49-47-45-43-41-39-37-35-26-24-22-20-18-16-14-12-10-8-6-4-2/h5,7,11,13,17,19,23,25,28-29,31-32,34,36,40,42,47,49,55,57,61-63,65-68,70-71,73-75H,3-4,6,8-10,12,14-16,18,20-22,24,26-27,30,33,35,37-39,41,43-46,48,50-54,56,58-60H2,1-2H3,(H,69,72)/b7-5-,13-11-,19-17-,25-23-,29-28-,32-31-,36-34-,42-40-,49-47+,57-55+. The van der Waals surface area contributed by atoms with E-state index in [1.165, 1.54) is 109 Å². The van der Waals surface area contributed by atoms with Crippen molar-refractivity contribution < 1.29 is 39.8 Å². The number of aliphatic hydroxyl groups is 5. The summed E-state index contributed by atoms with van der Waals surface area (Å²) in [5.41, 5.74) is 0. The van der Waals surface area contributed by atoms with Gasteiger partial charge in [-0.2, -0.15) is 0 Å². The number of rotatable bonds is 52. The number of ether oxygens (including phenoxy) is 2. The minimum Gasteiger partial charge on any atom is -0.394 e. The highest BCUT2D eigenvalue weighted by molar-refractivity contribution is 5.76. The molecule has 6 N–H and O–H groups in total. The van der Waals surface area contributed by atoms with Gasteiger partial charge < -0.3 is 40.3 Å². The molecule has 1 saturated heterocycles. The summed E-state index contributed by atoms with van der Waals surface area (Å²) < 4.78 is 11.3. The average Bonchev–Trinajstić information content (AvgIpc) is 3.43. The Hall–Kier alpha value is -3.41. The largest absolute Gasteiger partial charge is 0.394 e. The lowest BCUT2D eigenvalue weighted by Gasteiger charge is -2.40. The molecule has 1 amide bonds. The van der Waals surface area contributed by atoms with Crippen molar-refractivity contribution in [2.75, 3.05) is 13.2 Å². The van der Waals surface area contributed by atoms with Gasteiger partial charge in [-0.1, -0.05) is 264 Å². The van der Waals surface area contributed by atoms with Crippen LogP contribution in [0.5, 0.6) is 0 Å². The highest BCUT2D eigenvalue weighted by atomic mass is 16.7. The van der Waals surface area contributed by atoms with Gasteiger partial charge in [-0.05, 0) is 96.3 Å². The van der Waals surface area contributed by atoms with E-state index in [2.05, 4.69) is 129 Å². The van der Waals surface area contributed by atoms with E-state index in [1.54, 1.807) is 6.08 Å². The number of amides is 1. The van der Waals surface area contributed by atoms with Gasteiger partial charge in [0.2, 0.25) is 5.91 Å². The number of carbonyl (C=O) groups is 1. The Bertz CT molecular complexity index is 1620. The van der Waals surface area contributed by atoms with Gasteiger partial charge in [0.1, 0.15) is 24.4 Å². The quantitative estimate of drug-likeness (QED) is 0.0261. The van der Waals surface area contributed by atoms with Crippen molar-refractivity contribution in [1.82, 2.24) is 5.32 Å². The van der Waals surface area contributed by atoms with Crippen LogP contribution in [0.3, 0.4) is 0 Å². The highest BCUT2D eigenvalue weighted by Gasteiger charge is 2.44. The first-order chi connectivity index (χ1) is 37.8. The fourth-order valence-electron chi connectivity index (χ4n) is 9.13. The van der Waals surface area contributed by atoms with Gasteiger partial charge in [-0.15, -0.1) is 0 Å². The Morgan fingerprint density at radius 1 is 0.455 bits per heavy atom. The van der Waals surface area contributed by atoms with Crippen molar-refractivity contribution in [3.63, 3.8) is 0 Å². The van der Waals surface area contributed by atoms with Crippen LogP contribution in [0.2, 0.25) is 0 Å². The van der Waals surface area contributed by atoms with E-state index in [1.807, 2.05) is 6.08 Å². The molecule has 0 saturated carbocycles. The Balaban J connectivity index is 2.25. The first kappa shape index (κ1) is 71.6. The summed E-state index contributed by atoms with van der Waals surface area (Å²) in [6, 6.07) is -0.840. The zero-order valence-corrected chi connectivity index (χ0v) is 48.9. The fourth-order valence-corrected chi connectivity index (χ4v) is 9.13. The monoisotopic (exact) mass is 1070 g/mol. The van der Waals surface area contributed by atoms with E-state index in [-0.39, 0.29) is 12.5 Å². The van der Waals surface area contributed by atoms with Crippen LogP contribution in [0, 0.1) is 0 Å². The van der Waals surface area contributed by atoms with Gasteiger partial charge >= 0.3 is 0 Å². The SMILES string of the molecule is CC/C=C\C/C=C\C/C=C\C/C=C\C/C=C\C/C=C\C/C=C\C/C=C\CCCCCCCCC(=O)NC(COC1OC(CO)C(O)C(O)C1O)C(O)/C=C/CC/C=C/CCCCCCCCCCCCCCCCCCC. The van der Waals surface area contributed by atoms with E-state index >= 15 is 0 Å². The van der Waals surface area contributed by atoms with Crippen LogP contribution in [-0.4, -0.2) is 87.5 Å². The molecule has 7 unspecified atom stereocenters. The average molecular weight is 1070 g/mol. The summed E-state index contributed by atoms with van der Waals surface area (Å²) in [5.74, 6) is -0.205. The van der Waals surface area contributed by atoms with E-state index < -0.39 is 49.5 Å². The van der Waals surface area contributed by atoms with Crippen LogP contribution in [0.15, 0.2) is 122 Å². The normalized spacial score (nSPS) is 19.6. The number of aliphatic hydroxyl groups excluding tert-OH is 5. The lowest BCUT2D eigenvalue weighted by Crippen LogP contribution is -2.60. The fraction of sp³-hybridized carbons (Fsp3) is 0.691. The maximum atomic E-state index is 13.1. The molecule has 9 nitrogen and oxygen atoms in total. The zero-order valence-electron chi connectivity index (χ0n) is 48.9. The maximum absolute atomic E-state index is 13.1. The lowest BCUT2D eigenvalue weighted by molar-refractivity contribution is -0.302. The molecule has 1 rings (SSSR count). The van der Waals surface area contributed by atoms with Crippen molar-refractivity contribution in [2.45, 2.75) is 288 Å². The third-order valence-electron chi connectivity index (χ3n) is 14.0. The second kappa shape index (κ2) is 55.9. The number of allylic oxidation sites excluding steroid dienone is 19. The Morgan fingerprint density at radius 3 is 1.25 bits per heavy atom. The molecule has 440 valence electrons. The number of nitrogens with one attached hydrogen (secondary N) is 1. The molecule has 0 spiro atoms. The molecule has 1 aliphatic rings. The molecule has 1 heterocycles. The van der Waals surface area contributed by atoms with Crippen molar-refractivity contribution in [2.24, 2.45) is 0 Å². The maximum Gasteiger partial charge on any atom is 0.220 e. The van der Waals surface area contributed by atoms with Crippen LogP contribution < -0.4 is 5.32 Å². The Morgan fingerprint density at radius 2 is 0.818 bits per heavy atom. The van der Waals surface area contributed by atoms with Crippen LogP contribution >= 0.6 is 0 Å². The summed E-state index contributed by atoms with van der Waals surface area (Å²) in [7, 11) is 0. The topological polar surface area (TPSA) is 149 Å². The summed E-state index contributed by atoms with van der Waals surface area (Å²) in [5, 5.41) is 54.6. The molecular weight excluding hydrogens is 959 g/mol. The molecule has 77 heavy (non-hydrogen) atoms. The molecule has 7 atom stereocenters. The molecule has 0 radical (unpaired) electrons. The van der Waals surface area contributed by atoms with E-state index in [4.69, 9.17) is 9.47 Å². The van der Waals surface area contributed by atoms with Crippen molar-refractivity contribution in [3.8, 4) is 0 Å². The van der Waals surface area contributed by atoms with Gasteiger partial charge in [-0.25, -0.2) is 0 Å². The smallest absolute Gasteiger partial charge is 0.220 e. The number of hydrogen-bond acceptors (Lipinski definition) is 8. The van der Waals surface area contributed by atoms with Crippen LogP contribution in [0.25, 0.3) is 0 Å². The molecule has 1 aliphatic heterocycles. The molecule has 0 aromatic rings. The van der Waals surface area contributed by atoms with Crippen molar-refractivity contribution in [3.05, 3.63) is 122 Å². The van der Waals surface area contributed by atoms with Crippen LogP contribution in [0.4, 0.5) is 0 Å². The summed E-state index contributed by atoms with van der Waals surface area (Å²) >= 11 is 0. The first-order valence-electron chi connectivity index (χ1n) is 31.3.